The molecule has 1 amide bonds. The molecule has 0 unspecified atom stereocenters. The van der Waals surface area contributed by atoms with E-state index < -0.39 is 5.91 Å². The van der Waals surface area contributed by atoms with Gasteiger partial charge in [0.25, 0.3) is 5.91 Å². The van der Waals surface area contributed by atoms with Gasteiger partial charge in [-0.25, -0.2) is 0 Å². The number of fused-ring (bicyclic) bond motifs is 1. The molecule has 0 radical (unpaired) electrons. The highest BCUT2D eigenvalue weighted by Gasteiger charge is 2.16. The van der Waals surface area contributed by atoms with Gasteiger partial charge in [-0.2, -0.15) is 0 Å². The van der Waals surface area contributed by atoms with Crippen molar-refractivity contribution in [2.45, 2.75) is 13.8 Å². The Morgan fingerprint density at radius 1 is 1.29 bits per heavy atom. The lowest BCUT2D eigenvalue weighted by Crippen LogP contribution is -2.16. The van der Waals surface area contributed by atoms with Gasteiger partial charge < -0.3 is 10.3 Å². The van der Waals surface area contributed by atoms with E-state index in [1.54, 1.807) is 4.57 Å². The number of primary amides is 1. The van der Waals surface area contributed by atoms with Crippen LogP contribution >= 0.6 is 24.8 Å². The Morgan fingerprint density at radius 3 is 2.41 bits per heavy atom. The van der Waals surface area contributed by atoms with E-state index in [0.717, 1.165) is 22.3 Å². The number of nitrogens with zero attached hydrogens (tertiary/aromatic N) is 2. The monoisotopic (exact) mass is 275 g/mol. The van der Waals surface area contributed by atoms with E-state index in [2.05, 4.69) is 4.98 Å². The van der Waals surface area contributed by atoms with E-state index in [-0.39, 0.29) is 24.8 Å². The molecule has 0 aliphatic rings. The van der Waals surface area contributed by atoms with Crippen molar-refractivity contribution in [3.63, 3.8) is 0 Å². The molecule has 2 aromatic rings. The average molecular weight is 276 g/mol. The molecule has 0 saturated heterocycles. The number of halogens is 2. The molecule has 0 fully saturated rings. The van der Waals surface area contributed by atoms with Crippen LogP contribution in [-0.4, -0.2) is 15.5 Å². The third-order valence-corrected chi connectivity index (χ3v) is 2.65. The molecule has 4 nitrogen and oxygen atoms in total. The second-order valence-corrected chi connectivity index (χ2v) is 3.72. The van der Waals surface area contributed by atoms with Crippen molar-refractivity contribution in [3.05, 3.63) is 29.1 Å². The number of carbonyl (C=O) groups is 1. The van der Waals surface area contributed by atoms with Gasteiger partial charge in [0.15, 0.2) is 0 Å². The topological polar surface area (TPSA) is 60.9 Å². The zero-order valence-corrected chi connectivity index (χ0v) is 11.5. The highest BCUT2D eigenvalue weighted by atomic mass is 35.5. The van der Waals surface area contributed by atoms with E-state index >= 15 is 0 Å². The molecule has 0 saturated carbocycles. The van der Waals surface area contributed by atoms with Crippen LogP contribution in [0.1, 0.15) is 21.7 Å². The molecule has 2 aromatic heterocycles. The lowest BCUT2D eigenvalue weighted by atomic mass is 10.2. The summed E-state index contributed by atoms with van der Waals surface area (Å²) in [6.45, 7) is 3.80. The first-order valence-corrected chi connectivity index (χ1v) is 4.75. The number of aryl methyl sites for hydroxylation is 3. The molecule has 17 heavy (non-hydrogen) atoms. The molecule has 6 heteroatoms. The Kier molecular flexibility index (Phi) is 4.98. The van der Waals surface area contributed by atoms with Crippen LogP contribution in [0.2, 0.25) is 0 Å². The highest BCUT2D eigenvalue weighted by Crippen LogP contribution is 2.22. The summed E-state index contributed by atoms with van der Waals surface area (Å²) in [7, 11) is 1.83. The Labute approximate surface area is 112 Å². The maximum atomic E-state index is 11.3. The summed E-state index contributed by atoms with van der Waals surface area (Å²) in [6.07, 6.45) is 0. The number of hydrogen-bond donors (Lipinski definition) is 1. The van der Waals surface area contributed by atoms with E-state index in [9.17, 15) is 4.79 Å². The average Bonchev–Trinajstić information content (AvgIpc) is 2.39. The summed E-state index contributed by atoms with van der Waals surface area (Å²) in [4.78, 5) is 15.7. The maximum absolute atomic E-state index is 11.3. The van der Waals surface area contributed by atoms with Gasteiger partial charge in [-0.1, -0.05) is 0 Å². The number of rotatable bonds is 1. The molecule has 94 valence electrons. The van der Waals surface area contributed by atoms with Crippen molar-refractivity contribution < 1.29 is 4.79 Å². The number of aromatic nitrogens is 2. The Morgan fingerprint density at radius 2 is 1.88 bits per heavy atom. The van der Waals surface area contributed by atoms with Crippen molar-refractivity contribution in [1.29, 1.82) is 0 Å². The molecular formula is C11H15Cl2N3O. The first-order valence-electron chi connectivity index (χ1n) is 4.75. The highest BCUT2D eigenvalue weighted by molar-refractivity contribution is 5.99. The quantitative estimate of drug-likeness (QED) is 0.867. The minimum Gasteiger partial charge on any atom is -0.364 e. The van der Waals surface area contributed by atoms with Crippen LogP contribution in [0.25, 0.3) is 11.0 Å². The van der Waals surface area contributed by atoms with E-state index in [1.165, 1.54) is 0 Å². The van der Waals surface area contributed by atoms with Crippen molar-refractivity contribution >= 4 is 41.8 Å². The number of carbonyl (C=O) groups excluding carboxylic acids is 1. The first-order chi connectivity index (χ1) is 7.02. The van der Waals surface area contributed by atoms with E-state index in [1.807, 2.05) is 33.0 Å². The van der Waals surface area contributed by atoms with Crippen LogP contribution in [0.5, 0.6) is 0 Å². The predicted octanol–water partition coefficient (Wildman–Crippen LogP) is 2.13. The summed E-state index contributed by atoms with van der Waals surface area (Å²) in [5.74, 6) is -0.411. The van der Waals surface area contributed by atoms with Gasteiger partial charge in [0.1, 0.15) is 5.69 Å². The molecule has 2 heterocycles. The predicted molar refractivity (Wildman–Crippen MR) is 73.2 cm³/mol. The summed E-state index contributed by atoms with van der Waals surface area (Å²) >= 11 is 0. The SMILES string of the molecule is Cc1ccc2c(n1)c(C)c(C(N)=O)n2C.Cl.Cl. The third kappa shape index (κ3) is 2.37. The van der Waals surface area contributed by atoms with Crippen LogP contribution < -0.4 is 5.73 Å². The Hall–Kier alpha value is -1.26. The second-order valence-electron chi connectivity index (χ2n) is 3.72. The molecule has 0 aromatic carbocycles. The van der Waals surface area contributed by atoms with E-state index in [0.29, 0.717) is 5.69 Å². The molecule has 0 aliphatic heterocycles. The van der Waals surface area contributed by atoms with Crippen molar-refractivity contribution in [3.8, 4) is 0 Å². The normalized spacial score (nSPS) is 9.59. The van der Waals surface area contributed by atoms with Crippen molar-refractivity contribution in [2.75, 3.05) is 0 Å². The smallest absolute Gasteiger partial charge is 0.265 e. The Bertz CT molecular complexity index is 563. The maximum Gasteiger partial charge on any atom is 0.265 e. The summed E-state index contributed by atoms with van der Waals surface area (Å²) in [6, 6.07) is 3.88. The number of amides is 1. The Balaban J connectivity index is 0.00000128. The van der Waals surface area contributed by atoms with Crippen molar-refractivity contribution in [1.82, 2.24) is 9.55 Å². The van der Waals surface area contributed by atoms with Crippen LogP contribution in [-0.2, 0) is 7.05 Å². The lowest BCUT2D eigenvalue weighted by Gasteiger charge is -1.99. The van der Waals surface area contributed by atoms with Gasteiger partial charge in [0, 0.05) is 18.3 Å². The van der Waals surface area contributed by atoms with Crippen LogP contribution in [0.4, 0.5) is 0 Å². The zero-order chi connectivity index (χ0) is 11.2. The summed E-state index contributed by atoms with van der Waals surface area (Å²) in [5.41, 5.74) is 9.44. The molecule has 0 atom stereocenters. The van der Waals surface area contributed by atoms with Gasteiger partial charge >= 0.3 is 0 Å². The fourth-order valence-electron chi connectivity index (χ4n) is 1.93. The molecular weight excluding hydrogens is 261 g/mol. The fourth-order valence-corrected chi connectivity index (χ4v) is 1.93. The lowest BCUT2D eigenvalue weighted by molar-refractivity contribution is 0.0992. The summed E-state index contributed by atoms with van der Waals surface area (Å²) < 4.78 is 1.79. The minimum absolute atomic E-state index is 0. The van der Waals surface area contributed by atoms with Crippen molar-refractivity contribution in [2.24, 2.45) is 12.8 Å². The largest absolute Gasteiger partial charge is 0.364 e. The second kappa shape index (κ2) is 5.38. The number of hydrogen-bond acceptors (Lipinski definition) is 2. The summed E-state index contributed by atoms with van der Waals surface area (Å²) in [5, 5.41) is 0. The first kappa shape index (κ1) is 15.7. The van der Waals surface area contributed by atoms with E-state index in [4.69, 9.17) is 5.73 Å². The van der Waals surface area contributed by atoms with Gasteiger partial charge in [-0.05, 0) is 26.0 Å². The van der Waals surface area contributed by atoms with Gasteiger partial charge in [-0.15, -0.1) is 24.8 Å². The minimum atomic E-state index is -0.411. The van der Waals surface area contributed by atoms with Gasteiger partial charge in [-0.3, -0.25) is 9.78 Å². The molecule has 2 rings (SSSR count). The molecule has 0 bridgehead atoms. The van der Waals surface area contributed by atoms with Crippen LogP contribution in [0, 0.1) is 13.8 Å². The fraction of sp³-hybridized carbons (Fsp3) is 0.273. The zero-order valence-electron chi connectivity index (χ0n) is 9.85. The molecule has 0 aliphatic carbocycles. The number of pyridine rings is 1. The van der Waals surface area contributed by atoms with Gasteiger partial charge in [0.05, 0.1) is 11.0 Å². The van der Waals surface area contributed by atoms with Crippen LogP contribution in [0.3, 0.4) is 0 Å². The van der Waals surface area contributed by atoms with Gasteiger partial charge in [0.2, 0.25) is 0 Å². The van der Waals surface area contributed by atoms with Crippen LogP contribution in [0.15, 0.2) is 12.1 Å². The molecule has 2 N–H and O–H groups in total. The molecule has 0 spiro atoms. The number of nitrogens with two attached hydrogens (primary N) is 1. The standard InChI is InChI=1S/C11H13N3O.2ClH/c1-6-4-5-8-9(13-6)7(2)10(11(12)15)14(8)3;;/h4-5H,1-3H3,(H2,12,15);2*1H. The third-order valence-electron chi connectivity index (χ3n) is 2.65.